The maximum Gasteiger partial charge on any atom is 0.422 e. The maximum atomic E-state index is 13.3. The Balaban J connectivity index is 2.93. The maximum absolute atomic E-state index is 13.3. The van der Waals surface area contributed by atoms with Crippen LogP contribution in [0.4, 0.5) is 23.2 Å². The van der Waals surface area contributed by atoms with E-state index in [1.165, 1.54) is 14.2 Å². The number of anilines is 1. The molecule has 1 aromatic rings. The number of rotatable bonds is 4. The van der Waals surface area contributed by atoms with Gasteiger partial charge in [-0.15, -0.1) is 0 Å². The van der Waals surface area contributed by atoms with Crippen molar-refractivity contribution in [3.63, 3.8) is 0 Å². The van der Waals surface area contributed by atoms with Crippen molar-refractivity contribution in [1.29, 1.82) is 0 Å². The van der Waals surface area contributed by atoms with Gasteiger partial charge in [-0.2, -0.15) is 18.2 Å². The minimum atomic E-state index is -4.55. The fraction of sp³-hybridized carbons (Fsp3) is 0.444. The summed E-state index contributed by atoms with van der Waals surface area (Å²) in [6.45, 7) is -1.61. The molecule has 0 spiro atoms. The molecule has 1 aromatic heterocycles. The molecule has 0 aliphatic heterocycles. The van der Waals surface area contributed by atoms with E-state index in [1.54, 1.807) is 0 Å². The number of aromatic nitrogens is 1. The standard InChI is InChI=1S/C9H10F4N2O2/c1-14-6-3-5(10)7(15-8(6)16-2)17-4-9(11,12)13/h3,14H,4H2,1-2H3. The molecule has 0 saturated carbocycles. The Kier molecular flexibility index (Phi) is 3.97. The third kappa shape index (κ3) is 3.65. The van der Waals surface area contributed by atoms with Gasteiger partial charge in [0.05, 0.1) is 7.11 Å². The van der Waals surface area contributed by atoms with E-state index in [0.717, 1.165) is 6.07 Å². The minimum absolute atomic E-state index is 0.0499. The lowest BCUT2D eigenvalue weighted by Crippen LogP contribution is -2.20. The fourth-order valence-corrected chi connectivity index (χ4v) is 1.04. The molecule has 0 aliphatic carbocycles. The summed E-state index contributed by atoms with van der Waals surface area (Å²) in [7, 11) is 2.75. The molecule has 0 fully saturated rings. The fourth-order valence-electron chi connectivity index (χ4n) is 1.04. The quantitative estimate of drug-likeness (QED) is 0.836. The molecule has 4 nitrogen and oxygen atoms in total. The summed E-state index contributed by atoms with van der Waals surface area (Å²) < 4.78 is 57.9. The summed E-state index contributed by atoms with van der Waals surface area (Å²) in [4.78, 5) is 3.48. The largest absolute Gasteiger partial charge is 0.479 e. The molecule has 17 heavy (non-hydrogen) atoms. The summed E-state index contributed by atoms with van der Waals surface area (Å²) in [5, 5.41) is 2.58. The highest BCUT2D eigenvalue weighted by Crippen LogP contribution is 2.28. The first kappa shape index (κ1) is 13.3. The monoisotopic (exact) mass is 254 g/mol. The first-order chi connectivity index (χ1) is 7.87. The second-order valence-corrected chi connectivity index (χ2v) is 2.99. The number of methoxy groups -OCH3 is 1. The molecular weight excluding hydrogens is 244 g/mol. The number of ether oxygens (including phenoxy) is 2. The highest BCUT2D eigenvalue weighted by molar-refractivity contribution is 5.53. The number of halogens is 4. The van der Waals surface area contributed by atoms with Gasteiger partial charge in [0.25, 0.3) is 5.88 Å². The van der Waals surface area contributed by atoms with Crippen LogP contribution in [0.2, 0.25) is 0 Å². The summed E-state index contributed by atoms with van der Waals surface area (Å²) in [5.41, 5.74) is 0.212. The molecule has 0 radical (unpaired) electrons. The molecule has 0 aromatic carbocycles. The van der Waals surface area contributed by atoms with E-state index < -0.39 is 24.5 Å². The van der Waals surface area contributed by atoms with Gasteiger partial charge in [0.15, 0.2) is 12.4 Å². The van der Waals surface area contributed by atoms with Crippen molar-refractivity contribution in [2.24, 2.45) is 0 Å². The van der Waals surface area contributed by atoms with Gasteiger partial charge in [0.1, 0.15) is 5.69 Å². The molecule has 96 valence electrons. The molecular formula is C9H10F4N2O2. The van der Waals surface area contributed by atoms with Gasteiger partial charge in [-0.25, -0.2) is 4.39 Å². The van der Waals surface area contributed by atoms with Crippen LogP contribution in [0.1, 0.15) is 0 Å². The van der Waals surface area contributed by atoms with Crippen molar-refractivity contribution in [2.75, 3.05) is 26.1 Å². The zero-order chi connectivity index (χ0) is 13.1. The number of nitrogens with zero attached hydrogens (tertiary/aromatic N) is 1. The number of pyridine rings is 1. The SMILES string of the molecule is CNc1cc(F)c(OCC(F)(F)F)nc1OC. The average molecular weight is 254 g/mol. The van der Waals surface area contributed by atoms with Gasteiger partial charge in [0, 0.05) is 13.1 Å². The van der Waals surface area contributed by atoms with E-state index in [4.69, 9.17) is 4.74 Å². The highest BCUT2D eigenvalue weighted by atomic mass is 19.4. The predicted molar refractivity (Wildman–Crippen MR) is 51.8 cm³/mol. The van der Waals surface area contributed by atoms with Gasteiger partial charge < -0.3 is 14.8 Å². The molecule has 0 atom stereocenters. The van der Waals surface area contributed by atoms with Crippen LogP contribution in [0.3, 0.4) is 0 Å². The number of alkyl halides is 3. The topological polar surface area (TPSA) is 43.4 Å². The second-order valence-electron chi connectivity index (χ2n) is 2.99. The van der Waals surface area contributed by atoms with Gasteiger partial charge >= 0.3 is 6.18 Å². The van der Waals surface area contributed by atoms with Crippen LogP contribution in [0.15, 0.2) is 6.07 Å². The Hall–Kier alpha value is -1.73. The molecule has 0 bridgehead atoms. The van der Waals surface area contributed by atoms with Crippen LogP contribution >= 0.6 is 0 Å². The van der Waals surface area contributed by atoms with Gasteiger partial charge in [-0.1, -0.05) is 0 Å². The molecule has 0 unspecified atom stereocenters. The Morgan fingerprint density at radius 1 is 1.35 bits per heavy atom. The third-order valence-corrected chi connectivity index (χ3v) is 1.74. The van der Waals surface area contributed by atoms with Crippen molar-refractivity contribution < 1.29 is 27.0 Å². The lowest BCUT2D eigenvalue weighted by molar-refractivity contribution is -0.154. The molecule has 0 saturated heterocycles. The van der Waals surface area contributed by atoms with Crippen LogP contribution in [0.25, 0.3) is 0 Å². The van der Waals surface area contributed by atoms with E-state index in [0.29, 0.717) is 0 Å². The van der Waals surface area contributed by atoms with Crippen LogP contribution in [-0.4, -0.2) is 31.9 Å². The third-order valence-electron chi connectivity index (χ3n) is 1.74. The smallest absolute Gasteiger partial charge is 0.422 e. The number of nitrogens with one attached hydrogen (secondary N) is 1. The Bertz CT molecular complexity index is 395. The number of hydrogen-bond acceptors (Lipinski definition) is 4. The van der Waals surface area contributed by atoms with Crippen LogP contribution in [0.5, 0.6) is 11.8 Å². The highest BCUT2D eigenvalue weighted by Gasteiger charge is 2.29. The van der Waals surface area contributed by atoms with E-state index in [9.17, 15) is 17.6 Å². The van der Waals surface area contributed by atoms with Crippen LogP contribution in [-0.2, 0) is 0 Å². The zero-order valence-electron chi connectivity index (χ0n) is 9.06. The molecule has 0 aliphatic rings. The van der Waals surface area contributed by atoms with E-state index in [1.807, 2.05) is 0 Å². The van der Waals surface area contributed by atoms with Gasteiger partial charge in [0.2, 0.25) is 5.88 Å². The average Bonchev–Trinajstić information content (AvgIpc) is 2.25. The summed E-state index contributed by atoms with van der Waals surface area (Å²) in [5.74, 6) is -1.80. The Morgan fingerprint density at radius 2 is 2.00 bits per heavy atom. The van der Waals surface area contributed by atoms with Gasteiger partial charge in [-0.3, -0.25) is 0 Å². The summed E-state index contributed by atoms with van der Waals surface area (Å²) >= 11 is 0. The lowest BCUT2D eigenvalue weighted by Gasteiger charge is -2.12. The van der Waals surface area contributed by atoms with Crippen molar-refractivity contribution in [2.45, 2.75) is 6.18 Å². The molecule has 0 amide bonds. The van der Waals surface area contributed by atoms with Crippen LogP contribution in [0, 0.1) is 5.82 Å². The van der Waals surface area contributed by atoms with E-state index >= 15 is 0 Å². The predicted octanol–water partition coefficient (Wildman–Crippen LogP) is 2.21. The zero-order valence-corrected chi connectivity index (χ0v) is 9.06. The molecule has 1 rings (SSSR count). The van der Waals surface area contributed by atoms with E-state index in [-0.39, 0.29) is 11.6 Å². The van der Waals surface area contributed by atoms with Crippen molar-refractivity contribution in [1.82, 2.24) is 4.98 Å². The van der Waals surface area contributed by atoms with Crippen molar-refractivity contribution >= 4 is 5.69 Å². The Labute approximate surface area is 94.5 Å². The van der Waals surface area contributed by atoms with Crippen LogP contribution < -0.4 is 14.8 Å². The molecule has 1 N–H and O–H groups in total. The summed E-state index contributed by atoms with van der Waals surface area (Å²) in [6, 6.07) is 0.942. The lowest BCUT2D eigenvalue weighted by atomic mass is 10.4. The van der Waals surface area contributed by atoms with Crippen molar-refractivity contribution in [3.8, 4) is 11.8 Å². The van der Waals surface area contributed by atoms with Crippen molar-refractivity contribution in [3.05, 3.63) is 11.9 Å². The normalized spacial score (nSPS) is 11.2. The summed E-state index contributed by atoms with van der Waals surface area (Å²) in [6.07, 6.45) is -4.55. The van der Waals surface area contributed by atoms with Gasteiger partial charge in [-0.05, 0) is 0 Å². The molecule has 8 heteroatoms. The Morgan fingerprint density at radius 3 is 2.47 bits per heavy atom. The van der Waals surface area contributed by atoms with E-state index in [2.05, 4.69) is 15.0 Å². The number of hydrogen-bond donors (Lipinski definition) is 1. The second kappa shape index (κ2) is 5.07. The molecule has 1 heterocycles. The first-order valence-corrected chi connectivity index (χ1v) is 4.49. The first-order valence-electron chi connectivity index (χ1n) is 4.49. The minimum Gasteiger partial charge on any atom is -0.479 e.